The summed E-state index contributed by atoms with van der Waals surface area (Å²) in [7, 11) is 0. The summed E-state index contributed by atoms with van der Waals surface area (Å²) in [5.74, 6) is 3.27. The van der Waals surface area contributed by atoms with Crippen molar-refractivity contribution in [2.24, 2.45) is 23.2 Å². The van der Waals surface area contributed by atoms with Gasteiger partial charge >= 0.3 is 0 Å². The van der Waals surface area contributed by atoms with E-state index in [1.54, 1.807) is 0 Å². The Balaban J connectivity index is 1.22. The first-order valence-electron chi connectivity index (χ1n) is 11.3. The molecule has 29 heavy (non-hydrogen) atoms. The van der Waals surface area contributed by atoms with Crippen LogP contribution in [0.5, 0.6) is 5.75 Å². The van der Waals surface area contributed by atoms with Gasteiger partial charge < -0.3 is 15.4 Å². The fraction of sp³-hybridized carbons (Fsp3) is 0.667. The summed E-state index contributed by atoms with van der Waals surface area (Å²) >= 11 is 0. The Bertz CT molecular complexity index is 708. The van der Waals surface area contributed by atoms with Crippen molar-refractivity contribution in [3.63, 3.8) is 0 Å². The van der Waals surface area contributed by atoms with Crippen LogP contribution < -0.4 is 15.4 Å². The van der Waals surface area contributed by atoms with Crippen LogP contribution in [-0.2, 0) is 9.59 Å². The third-order valence-corrected chi connectivity index (χ3v) is 7.23. The Kier molecular flexibility index (Phi) is 5.84. The van der Waals surface area contributed by atoms with Crippen molar-refractivity contribution < 1.29 is 14.3 Å². The highest BCUT2D eigenvalue weighted by Gasteiger charge is 2.54. The maximum Gasteiger partial charge on any atom is 0.226 e. The first-order chi connectivity index (χ1) is 14.0. The zero-order valence-electron chi connectivity index (χ0n) is 17.7. The van der Waals surface area contributed by atoms with E-state index in [0.29, 0.717) is 19.6 Å². The van der Waals surface area contributed by atoms with Crippen molar-refractivity contribution in [1.29, 1.82) is 0 Å². The summed E-state index contributed by atoms with van der Waals surface area (Å²) < 4.78 is 5.46. The number of hydrogen-bond donors (Lipinski definition) is 2. The number of nitrogens with one attached hydrogen (secondary N) is 2. The lowest BCUT2D eigenvalue weighted by atomic mass is 9.49. The van der Waals surface area contributed by atoms with Gasteiger partial charge in [0.1, 0.15) is 5.75 Å². The standard InChI is InChI=1S/C24H34N2O3/c1-3-29-21-6-4-20(5-7-21)16(2)26-22(27)8-9-25-23(28)24-13-17-10-18(14-24)12-19(11-17)15-24/h4-7,16-19H,3,8-15H2,1-2H3,(H,25,28)(H,26,27). The van der Waals surface area contributed by atoms with E-state index in [1.165, 1.54) is 19.3 Å². The van der Waals surface area contributed by atoms with E-state index in [9.17, 15) is 9.59 Å². The van der Waals surface area contributed by atoms with Crippen molar-refractivity contribution in [1.82, 2.24) is 10.6 Å². The highest BCUT2D eigenvalue weighted by molar-refractivity contribution is 5.84. The molecule has 1 atom stereocenters. The smallest absolute Gasteiger partial charge is 0.226 e. The molecule has 4 fully saturated rings. The molecule has 1 aromatic rings. The second kappa shape index (κ2) is 8.37. The summed E-state index contributed by atoms with van der Waals surface area (Å²) in [6.45, 7) is 4.99. The van der Waals surface area contributed by atoms with E-state index < -0.39 is 0 Å². The highest BCUT2D eigenvalue weighted by atomic mass is 16.5. The molecule has 158 valence electrons. The lowest BCUT2D eigenvalue weighted by molar-refractivity contribution is -0.146. The monoisotopic (exact) mass is 398 g/mol. The third-order valence-electron chi connectivity index (χ3n) is 7.23. The molecule has 4 bridgehead atoms. The molecule has 1 aromatic carbocycles. The van der Waals surface area contributed by atoms with E-state index in [4.69, 9.17) is 4.74 Å². The summed E-state index contributed by atoms with van der Waals surface area (Å²) in [5.41, 5.74) is 0.903. The van der Waals surface area contributed by atoms with Crippen molar-refractivity contribution in [3.05, 3.63) is 29.8 Å². The molecule has 0 radical (unpaired) electrons. The molecule has 4 aliphatic rings. The number of benzene rings is 1. The SMILES string of the molecule is CCOc1ccc(C(C)NC(=O)CCNC(=O)C23CC4CC(CC(C4)C2)C3)cc1. The second-order valence-electron chi connectivity index (χ2n) is 9.50. The number of hydrogen-bond acceptors (Lipinski definition) is 3. The average Bonchev–Trinajstić information content (AvgIpc) is 2.67. The van der Waals surface area contributed by atoms with Gasteiger partial charge in [-0.3, -0.25) is 9.59 Å². The zero-order valence-corrected chi connectivity index (χ0v) is 17.7. The quantitative estimate of drug-likeness (QED) is 0.696. The largest absolute Gasteiger partial charge is 0.494 e. The molecule has 1 unspecified atom stereocenters. The maximum absolute atomic E-state index is 13.0. The molecule has 0 spiro atoms. The molecule has 4 aliphatic carbocycles. The number of rotatable bonds is 8. The summed E-state index contributed by atoms with van der Waals surface area (Å²) in [4.78, 5) is 25.3. The molecule has 0 heterocycles. The number of carbonyl (C=O) groups is 2. The lowest BCUT2D eigenvalue weighted by Gasteiger charge is -2.55. The Morgan fingerprint density at radius 1 is 1.07 bits per heavy atom. The summed E-state index contributed by atoms with van der Waals surface area (Å²) in [5, 5.41) is 6.11. The maximum atomic E-state index is 13.0. The van der Waals surface area contributed by atoms with Crippen LogP contribution in [0.1, 0.15) is 70.4 Å². The van der Waals surface area contributed by atoms with Gasteiger partial charge in [0.2, 0.25) is 11.8 Å². The highest BCUT2D eigenvalue weighted by Crippen LogP contribution is 2.60. The minimum Gasteiger partial charge on any atom is -0.494 e. The number of ether oxygens (including phenoxy) is 1. The second-order valence-corrected chi connectivity index (χ2v) is 9.50. The molecule has 2 N–H and O–H groups in total. The topological polar surface area (TPSA) is 67.4 Å². The van der Waals surface area contributed by atoms with E-state index in [1.807, 2.05) is 38.1 Å². The van der Waals surface area contributed by atoms with Crippen LogP contribution in [0, 0.1) is 23.2 Å². The van der Waals surface area contributed by atoms with Crippen molar-refractivity contribution in [3.8, 4) is 5.75 Å². The third kappa shape index (κ3) is 4.44. The van der Waals surface area contributed by atoms with E-state index in [-0.39, 0.29) is 23.3 Å². The molecular weight excluding hydrogens is 364 g/mol. The minimum absolute atomic E-state index is 0.0304. The molecule has 0 aliphatic heterocycles. The number of carbonyl (C=O) groups excluding carboxylic acids is 2. The van der Waals surface area contributed by atoms with Gasteiger partial charge in [0.05, 0.1) is 12.6 Å². The first-order valence-corrected chi connectivity index (χ1v) is 11.3. The van der Waals surface area contributed by atoms with E-state index in [2.05, 4.69) is 10.6 Å². The summed E-state index contributed by atoms with van der Waals surface area (Å²) in [6.07, 6.45) is 7.50. The summed E-state index contributed by atoms with van der Waals surface area (Å²) in [6, 6.07) is 7.73. The molecule has 5 nitrogen and oxygen atoms in total. The molecule has 0 aromatic heterocycles. The van der Waals surface area contributed by atoms with E-state index in [0.717, 1.165) is 48.3 Å². The predicted octanol–water partition coefficient (Wildman–Crippen LogP) is 3.99. The molecule has 4 saturated carbocycles. The van der Waals surface area contributed by atoms with Crippen LogP contribution in [0.3, 0.4) is 0 Å². The van der Waals surface area contributed by atoms with Crippen LogP contribution in [-0.4, -0.2) is 25.0 Å². The van der Waals surface area contributed by atoms with Gasteiger partial charge in [-0.15, -0.1) is 0 Å². The van der Waals surface area contributed by atoms with Crippen LogP contribution >= 0.6 is 0 Å². The molecule has 0 saturated heterocycles. The normalized spacial score (nSPS) is 30.6. The Hall–Kier alpha value is -2.04. The van der Waals surface area contributed by atoms with Gasteiger partial charge in [-0.05, 0) is 87.8 Å². The van der Waals surface area contributed by atoms with Gasteiger partial charge in [-0.25, -0.2) is 0 Å². The molecule has 5 heteroatoms. The predicted molar refractivity (Wildman–Crippen MR) is 112 cm³/mol. The Labute approximate surface area is 174 Å². The zero-order chi connectivity index (χ0) is 20.4. The van der Waals surface area contributed by atoms with Gasteiger partial charge in [0.15, 0.2) is 0 Å². The van der Waals surface area contributed by atoms with Crippen LogP contribution in [0.2, 0.25) is 0 Å². The van der Waals surface area contributed by atoms with Gasteiger partial charge in [0.25, 0.3) is 0 Å². The van der Waals surface area contributed by atoms with Crippen LogP contribution in [0.15, 0.2) is 24.3 Å². The van der Waals surface area contributed by atoms with Crippen molar-refractivity contribution in [2.45, 2.75) is 64.8 Å². The van der Waals surface area contributed by atoms with Crippen molar-refractivity contribution >= 4 is 11.8 Å². The van der Waals surface area contributed by atoms with Crippen molar-refractivity contribution in [2.75, 3.05) is 13.2 Å². The molecule has 2 amide bonds. The number of amides is 2. The Morgan fingerprint density at radius 3 is 2.21 bits per heavy atom. The van der Waals surface area contributed by atoms with Crippen LogP contribution in [0.25, 0.3) is 0 Å². The van der Waals surface area contributed by atoms with E-state index >= 15 is 0 Å². The minimum atomic E-state index is -0.138. The Morgan fingerprint density at radius 2 is 1.66 bits per heavy atom. The van der Waals surface area contributed by atoms with Gasteiger partial charge in [0, 0.05) is 18.4 Å². The average molecular weight is 399 g/mol. The molecular formula is C24H34N2O3. The fourth-order valence-corrected chi connectivity index (χ4v) is 6.28. The molecule has 5 rings (SSSR count). The van der Waals surface area contributed by atoms with Gasteiger partial charge in [-0.2, -0.15) is 0 Å². The lowest BCUT2D eigenvalue weighted by Crippen LogP contribution is -2.53. The fourth-order valence-electron chi connectivity index (χ4n) is 6.28. The first kappa shape index (κ1) is 20.2. The van der Waals surface area contributed by atoms with Gasteiger partial charge in [-0.1, -0.05) is 12.1 Å². The van der Waals surface area contributed by atoms with Crippen LogP contribution in [0.4, 0.5) is 0 Å².